The van der Waals surface area contributed by atoms with Crippen molar-refractivity contribution in [1.82, 2.24) is 7.06 Å². The molecule has 8 nitrogen and oxygen atoms in total. The SMILES string of the molecule is C[I-]C(C)(C(=O)OCCOc1c2c3oc1cc3C(=O)O2)C12NI1N2. The van der Waals surface area contributed by atoms with Crippen molar-refractivity contribution in [3.8, 4) is 11.5 Å². The Bertz CT molecular complexity index is 876. The van der Waals surface area contributed by atoms with Crippen LogP contribution in [-0.2, 0) is 9.53 Å². The van der Waals surface area contributed by atoms with Crippen molar-refractivity contribution in [1.29, 1.82) is 0 Å². The summed E-state index contributed by atoms with van der Waals surface area (Å²) < 4.78 is 27.9. The second kappa shape index (κ2) is 4.86. The summed E-state index contributed by atoms with van der Waals surface area (Å²) in [5.74, 6) is 0.147. The summed E-state index contributed by atoms with van der Waals surface area (Å²) in [6.07, 6.45) is 0. The molecule has 5 heterocycles. The number of carbonyl (C=O) groups excluding carboxylic acids is 2. The van der Waals surface area contributed by atoms with E-state index in [4.69, 9.17) is 18.6 Å². The van der Waals surface area contributed by atoms with Crippen LogP contribution in [0.3, 0.4) is 0 Å². The van der Waals surface area contributed by atoms with Crippen LogP contribution in [0, 0.1) is 0 Å². The van der Waals surface area contributed by atoms with E-state index in [1.165, 1.54) is 0 Å². The van der Waals surface area contributed by atoms with Gasteiger partial charge in [0.2, 0.25) is 0 Å². The fourth-order valence-corrected chi connectivity index (χ4v) is 13.1. The summed E-state index contributed by atoms with van der Waals surface area (Å²) in [6, 6.07) is 1.61. The molecule has 24 heavy (non-hydrogen) atoms. The normalized spacial score (nSPS) is 23.1. The quantitative estimate of drug-likeness (QED) is 0.0762. The molecular weight excluding hydrogens is 546 g/mol. The minimum atomic E-state index is -1.19. The van der Waals surface area contributed by atoms with E-state index in [9.17, 15) is 9.59 Å². The number of furan rings is 2. The van der Waals surface area contributed by atoms with Gasteiger partial charge in [0.15, 0.2) is 0 Å². The first kappa shape index (κ1) is 15.4. The van der Waals surface area contributed by atoms with Crippen molar-refractivity contribution < 1.29 is 49.4 Å². The third-order valence-electron chi connectivity index (χ3n) is 4.42. The number of hydrogen-bond acceptors (Lipinski definition) is 8. The van der Waals surface area contributed by atoms with Crippen LogP contribution in [0.1, 0.15) is 17.3 Å². The fourth-order valence-electron chi connectivity index (χ4n) is 2.76. The average molecular weight is 559 g/mol. The summed E-state index contributed by atoms with van der Waals surface area (Å²) in [5, 5.41) is 0. The monoisotopic (exact) mass is 559 g/mol. The van der Waals surface area contributed by atoms with Crippen LogP contribution in [0.5, 0.6) is 11.5 Å². The molecule has 0 spiro atoms. The maximum atomic E-state index is 12.5. The van der Waals surface area contributed by atoms with Crippen LogP contribution in [0.25, 0.3) is 11.2 Å². The van der Waals surface area contributed by atoms with E-state index in [1.807, 2.05) is 6.92 Å². The molecule has 1 atom stereocenters. The molecule has 0 aromatic carbocycles. The number of alkyl halides is 3. The molecule has 2 bridgehead atoms. The Morgan fingerprint density at radius 1 is 1.46 bits per heavy atom. The van der Waals surface area contributed by atoms with E-state index in [0.29, 0.717) is 28.2 Å². The van der Waals surface area contributed by atoms with E-state index in [0.717, 1.165) is 0 Å². The van der Waals surface area contributed by atoms with Crippen LogP contribution in [-0.4, -0.2) is 37.2 Å². The molecule has 130 valence electrons. The number of esters is 2. The van der Waals surface area contributed by atoms with Crippen LogP contribution in [0.15, 0.2) is 10.5 Å². The predicted molar refractivity (Wildman–Crippen MR) is 86.2 cm³/mol. The van der Waals surface area contributed by atoms with E-state index in [-0.39, 0.29) is 44.1 Å². The first-order chi connectivity index (χ1) is 11.5. The van der Waals surface area contributed by atoms with Crippen molar-refractivity contribution in [3.05, 3.63) is 11.6 Å². The molecule has 5 rings (SSSR count). The van der Waals surface area contributed by atoms with Crippen molar-refractivity contribution in [3.63, 3.8) is 0 Å². The van der Waals surface area contributed by atoms with E-state index in [1.54, 1.807) is 6.07 Å². The molecule has 2 fully saturated rings. The number of ether oxygens (including phenoxy) is 3. The Morgan fingerprint density at radius 2 is 2.21 bits per heavy atom. The summed E-state index contributed by atoms with van der Waals surface area (Å²) in [4.78, 5) is 26.1. The van der Waals surface area contributed by atoms with Crippen LogP contribution < -0.4 is 37.7 Å². The summed E-state index contributed by atoms with van der Waals surface area (Å²) in [5.41, 5.74) is 1.35. The number of hydrogen-bond donors (Lipinski definition) is 2. The van der Waals surface area contributed by atoms with Crippen molar-refractivity contribution in [2.24, 2.45) is 0 Å². The second-order valence-corrected chi connectivity index (χ2v) is 13.3. The predicted octanol–water partition coefficient (Wildman–Crippen LogP) is -2.00. The maximum absolute atomic E-state index is 12.5. The van der Waals surface area contributed by atoms with Gasteiger partial charge in [-0.05, 0) is 0 Å². The molecular formula is C14H13I2N2O6-. The fraction of sp³-hybridized carbons (Fsp3) is 0.429. The van der Waals surface area contributed by atoms with Gasteiger partial charge in [-0.15, -0.1) is 0 Å². The topological polar surface area (TPSA) is 119 Å². The molecule has 2 aromatic rings. The van der Waals surface area contributed by atoms with Gasteiger partial charge in [-0.1, -0.05) is 0 Å². The second-order valence-electron chi connectivity index (χ2n) is 5.71. The zero-order valence-electron chi connectivity index (χ0n) is 12.7. The molecule has 0 saturated carbocycles. The van der Waals surface area contributed by atoms with Gasteiger partial charge >= 0.3 is 155 Å². The van der Waals surface area contributed by atoms with Gasteiger partial charge < -0.3 is 0 Å². The third kappa shape index (κ3) is 1.85. The van der Waals surface area contributed by atoms with Crippen molar-refractivity contribution >= 4 is 43.5 Å². The van der Waals surface area contributed by atoms with Gasteiger partial charge in [-0.3, -0.25) is 0 Å². The van der Waals surface area contributed by atoms with Crippen LogP contribution >= 0.6 is 20.4 Å². The van der Waals surface area contributed by atoms with Crippen molar-refractivity contribution in [2.75, 3.05) is 18.1 Å². The molecule has 3 aliphatic heterocycles. The minimum absolute atomic E-state index is 0.0777. The molecule has 2 N–H and O–H groups in total. The van der Waals surface area contributed by atoms with Gasteiger partial charge in [0.05, 0.1) is 0 Å². The molecule has 0 amide bonds. The summed E-state index contributed by atoms with van der Waals surface area (Å²) in [6.45, 7) is 2.31. The average Bonchev–Trinajstić information content (AvgIpc) is 3.31. The van der Waals surface area contributed by atoms with E-state index in [2.05, 4.69) is 12.0 Å². The zero-order chi connectivity index (χ0) is 16.7. The molecule has 0 radical (unpaired) electrons. The van der Waals surface area contributed by atoms with E-state index >= 15 is 0 Å². The Hall–Kier alpha value is -0.860. The number of rotatable bonds is 7. The van der Waals surface area contributed by atoms with Gasteiger partial charge in [0.1, 0.15) is 0 Å². The summed E-state index contributed by atoms with van der Waals surface area (Å²) in [7, 11) is 0. The first-order valence-electron chi connectivity index (χ1n) is 7.17. The summed E-state index contributed by atoms with van der Waals surface area (Å²) >= 11 is -1.51. The molecule has 3 aliphatic rings. The number of fused-ring (bicyclic) bond motifs is 2. The number of nitrogens with one attached hydrogen (secondary N) is 2. The van der Waals surface area contributed by atoms with Gasteiger partial charge in [0, 0.05) is 0 Å². The molecule has 1 unspecified atom stereocenters. The van der Waals surface area contributed by atoms with Gasteiger partial charge in [-0.2, -0.15) is 0 Å². The molecule has 2 saturated heterocycles. The Kier molecular flexibility index (Phi) is 3.12. The van der Waals surface area contributed by atoms with Crippen molar-refractivity contribution in [2.45, 2.75) is 14.0 Å². The van der Waals surface area contributed by atoms with Crippen LogP contribution in [0.4, 0.5) is 0 Å². The van der Waals surface area contributed by atoms with Gasteiger partial charge in [-0.25, -0.2) is 0 Å². The molecule has 2 aromatic heterocycles. The van der Waals surface area contributed by atoms with Gasteiger partial charge in [0.25, 0.3) is 0 Å². The standard InChI is InChI=1S/C14H13I2N2O6/c1-13(15-2,14-16(17-14)18-14)12(20)22-4-3-21-9-7-5-6-8(23-7)10(9)24-11(6)19/h5,17-18H,3-4H2,1-2H3/q-1. The Labute approximate surface area is 154 Å². The first-order valence-corrected chi connectivity index (χ1v) is 13.6. The molecule has 10 heteroatoms. The zero-order valence-corrected chi connectivity index (χ0v) is 17.0. The molecule has 0 aliphatic carbocycles. The number of halogens is 2. The van der Waals surface area contributed by atoms with E-state index < -0.39 is 29.8 Å². The number of carbonyl (C=O) groups is 2. The Balaban J connectivity index is 1.19. The van der Waals surface area contributed by atoms with Crippen LogP contribution in [0.2, 0.25) is 0 Å². The number of benzene rings is 1. The Morgan fingerprint density at radius 3 is 2.88 bits per heavy atom. The third-order valence-corrected chi connectivity index (χ3v) is 13.7.